The molecule has 1 heterocycles. The van der Waals surface area contributed by atoms with Crippen LogP contribution in [0.5, 0.6) is 0 Å². The van der Waals surface area contributed by atoms with Crippen molar-refractivity contribution in [2.24, 2.45) is 0 Å². The maximum Gasteiger partial charge on any atom is 0.247 e. The van der Waals surface area contributed by atoms with Crippen LogP contribution < -0.4 is 10.6 Å². The first-order valence-electron chi connectivity index (χ1n) is 10.5. The monoisotopic (exact) mass is 429 g/mol. The Kier molecular flexibility index (Phi) is 6.60. The molecule has 1 aromatic heterocycles. The summed E-state index contributed by atoms with van der Waals surface area (Å²) < 4.78 is 14.1. The van der Waals surface area contributed by atoms with E-state index in [1.165, 1.54) is 12.1 Å². The highest BCUT2D eigenvalue weighted by Crippen LogP contribution is 2.20. The fourth-order valence-electron chi connectivity index (χ4n) is 3.68. The third kappa shape index (κ3) is 5.21. The number of aryl methyl sites for hydroxylation is 1. The number of anilines is 1. The summed E-state index contributed by atoms with van der Waals surface area (Å²) in [5.41, 5.74) is 2.98. The number of rotatable bonds is 8. The molecule has 2 amide bonds. The summed E-state index contributed by atoms with van der Waals surface area (Å²) >= 11 is 0. The van der Waals surface area contributed by atoms with Gasteiger partial charge in [-0.2, -0.15) is 0 Å². The number of amides is 2. The fraction of sp³-hybridized carbons (Fsp3) is 0.154. The predicted molar refractivity (Wildman–Crippen MR) is 124 cm³/mol. The molecule has 0 bridgehead atoms. The standard InChI is InChI=1S/C26H24FN3O2/c27-21-11-5-7-13-23(21)30-26(32)24(16-19-17-28-22-12-6-4-10-20(19)22)29-25(31)15-14-18-8-2-1-3-9-18/h1-13,17,24,28H,14-16H2,(H,29,31)(H,30,32). The van der Waals surface area contributed by atoms with Crippen molar-refractivity contribution in [2.45, 2.75) is 25.3 Å². The van der Waals surface area contributed by atoms with Crippen LogP contribution in [0, 0.1) is 5.82 Å². The van der Waals surface area contributed by atoms with Crippen molar-refractivity contribution in [1.29, 1.82) is 0 Å². The molecular formula is C26H24FN3O2. The van der Waals surface area contributed by atoms with E-state index in [9.17, 15) is 14.0 Å². The first kappa shape index (κ1) is 21.3. The van der Waals surface area contributed by atoms with E-state index in [0.29, 0.717) is 6.42 Å². The molecule has 5 nitrogen and oxygen atoms in total. The number of carbonyl (C=O) groups excluding carboxylic acids is 2. The van der Waals surface area contributed by atoms with Crippen LogP contribution in [0.15, 0.2) is 85.1 Å². The molecule has 162 valence electrons. The number of hydrogen-bond donors (Lipinski definition) is 3. The molecule has 0 saturated heterocycles. The van der Waals surface area contributed by atoms with Crippen molar-refractivity contribution in [3.8, 4) is 0 Å². The van der Waals surface area contributed by atoms with Crippen LogP contribution in [0.3, 0.4) is 0 Å². The SMILES string of the molecule is O=C(CCc1ccccc1)NC(Cc1c[nH]c2ccccc12)C(=O)Nc1ccccc1F. The van der Waals surface area contributed by atoms with Crippen molar-refractivity contribution >= 4 is 28.4 Å². The molecule has 1 unspecified atom stereocenters. The van der Waals surface area contributed by atoms with Crippen molar-refractivity contribution in [1.82, 2.24) is 10.3 Å². The minimum atomic E-state index is -0.850. The number of aromatic amines is 1. The summed E-state index contributed by atoms with van der Waals surface area (Å²) in [7, 11) is 0. The Hall–Kier alpha value is -3.93. The maximum absolute atomic E-state index is 14.1. The molecule has 1 atom stereocenters. The van der Waals surface area contributed by atoms with Gasteiger partial charge in [0.25, 0.3) is 0 Å². The molecule has 0 aliphatic carbocycles. The molecule has 4 aromatic rings. The molecule has 3 aromatic carbocycles. The van der Waals surface area contributed by atoms with Gasteiger partial charge in [0, 0.05) is 29.9 Å². The minimum absolute atomic E-state index is 0.0833. The first-order chi connectivity index (χ1) is 15.6. The highest BCUT2D eigenvalue weighted by atomic mass is 19.1. The summed E-state index contributed by atoms with van der Waals surface area (Å²) in [6.45, 7) is 0. The summed E-state index contributed by atoms with van der Waals surface area (Å²) in [5, 5.41) is 6.43. The molecule has 0 fully saturated rings. The van der Waals surface area contributed by atoms with Gasteiger partial charge in [0.05, 0.1) is 5.69 Å². The number of benzene rings is 3. The van der Waals surface area contributed by atoms with Crippen LogP contribution in [0.4, 0.5) is 10.1 Å². The van der Waals surface area contributed by atoms with E-state index in [-0.39, 0.29) is 24.4 Å². The molecule has 3 N–H and O–H groups in total. The number of nitrogens with one attached hydrogen (secondary N) is 3. The van der Waals surface area contributed by atoms with Gasteiger partial charge in [0.15, 0.2) is 0 Å². The van der Waals surface area contributed by atoms with Gasteiger partial charge in [-0.25, -0.2) is 4.39 Å². The van der Waals surface area contributed by atoms with Crippen molar-refractivity contribution in [2.75, 3.05) is 5.32 Å². The fourth-order valence-corrected chi connectivity index (χ4v) is 3.68. The molecule has 6 heteroatoms. The van der Waals surface area contributed by atoms with Gasteiger partial charge in [-0.05, 0) is 35.7 Å². The minimum Gasteiger partial charge on any atom is -0.361 e. The van der Waals surface area contributed by atoms with Crippen LogP contribution in [-0.4, -0.2) is 22.8 Å². The van der Waals surface area contributed by atoms with Gasteiger partial charge >= 0.3 is 0 Å². The highest BCUT2D eigenvalue weighted by Gasteiger charge is 2.23. The lowest BCUT2D eigenvalue weighted by atomic mass is 10.0. The topological polar surface area (TPSA) is 74.0 Å². The van der Waals surface area contributed by atoms with Crippen LogP contribution in [0.1, 0.15) is 17.5 Å². The van der Waals surface area contributed by atoms with Crippen LogP contribution >= 0.6 is 0 Å². The van der Waals surface area contributed by atoms with Gasteiger partial charge in [-0.3, -0.25) is 9.59 Å². The van der Waals surface area contributed by atoms with Crippen molar-refractivity contribution in [3.63, 3.8) is 0 Å². The molecule has 0 aliphatic heterocycles. The first-order valence-corrected chi connectivity index (χ1v) is 10.5. The lowest BCUT2D eigenvalue weighted by Gasteiger charge is -2.19. The Labute approximate surface area is 185 Å². The quantitative estimate of drug-likeness (QED) is 0.383. The normalized spacial score (nSPS) is 11.8. The average Bonchev–Trinajstić information content (AvgIpc) is 3.22. The van der Waals surface area contributed by atoms with Gasteiger partial charge in [0.1, 0.15) is 11.9 Å². The summed E-state index contributed by atoms with van der Waals surface area (Å²) in [6.07, 6.45) is 2.94. The molecule has 32 heavy (non-hydrogen) atoms. The Bertz CT molecular complexity index is 1220. The largest absolute Gasteiger partial charge is 0.361 e. The Morgan fingerprint density at radius 1 is 0.906 bits per heavy atom. The maximum atomic E-state index is 14.1. The second-order valence-corrected chi connectivity index (χ2v) is 7.64. The van der Waals surface area contributed by atoms with Gasteiger partial charge in [-0.15, -0.1) is 0 Å². The third-order valence-electron chi connectivity index (χ3n) is 5.37. The van der Waals surface area contributed by atoms with Crippen LogP contribution in [0.2, 0.25) is 0 Å². The van der Waals surface area contributed by atoms with Crippen molar-refractivity contribution < 1.29 is 14.0 Å². The molecule has 0 spiro atoms. The molecule has 0 radical (unpaired) electrons. The molecule has 0 aliphatic rings. The molecular weight excluding hydrogens is 405 g/mol. The van der Waals surface area contributed by atoms with E-state index in [1.54, 1.807) is 12.1 Å². The molecule has 0 saturated carbocycles. The number of carbonyl (C=O) groups is 2. The van der Waals surface area contributed by atoms with Gasteiger partial charge in [0.2, 0.25) is 11.8 Å². The van der Waals surface area contributed by atoms with E-state index in [1.807, 2.05) is 60.8 Å². The second kappa shape index (κ2) is 9.92. The van der Waals surface area contributed by atoms with Gasteiger partial charge < -0.3 is 15.6 Å². The Morgan fingerprint density at radius 2 is 1.62 bits per heavy atom. The van der Waals surface area contributed by atoms with E-state index >= 15 is 0 Å². The Balaban J connectivity index is 1.50. The number of fused-ring (bicyclic) bond motifs is 1. The average molecular weight is 429 g/mol. The number of halogens is 1. The summed E-state index contributed by atoms with van der Waals surface area (Å²) in [5.74, 6) is -1.22. The van der Waals surface area contributed by atoms with E-state index < -0.39 is 17.8 Å². The lowest BCUT2D eigenvalue weighted by Crippen LogP contribution is -2.45. The number of aromatic nitrogens is 1. The van der Waals surface area contributed by atoms with Crippen molar-refractivity contribution in [3.05, 3.63) is 102 Å². The van der Waals surface area contributed by atoms with E-state index in [2.05, 4.69) is 15.6 Å². The third-order valence-corrected chi connectivity index (χ3v) is 5.37. The number of hydrogen-bond acceptors (Lipinski definition) is 2. The summed E-state index contributed by atoms with van der Waals surface area (Å²) in [4.78, 5) is 28.9. The lowest BCUT2D eigenvalue weighted by molar-refractivity contribution is -0.126. The predicted octanol–water partition coefficient (Wildman–Crippen LogP) is 4.61. The zero-order chi connectivity index (χ0) is 22.3. The zero-order valence-corrected chi connectivity index (χ0v) is 17.5. The summed E-state index contributed by atoms with van der Waals surface area (Å²) in [6, 6.07) is 22.6. The molecule has 4 rings (SSSR count). The number of H-pyrrole nitrogens is 1. The highest BCUT2D eigenvalue weighted by molar-refractivity contribution is 5.98. The Morgan fingerprint density at radius 3 is 2.44 bits per heavy atom. The van der Waals surface area contributed by atoms with Crippen LogP contribution in [0.25, 0.3) is 10.9 Å². The van der Waals surface area contributed by atoms with E-state index in [0.717, 1.165) is 22.0 Å². The smallest absolute Gasteiger partial charge is 0.247 e. The van der Waals surface area contributed by atoms with E-state index in [4.69, 9.17) is 0 Å². The van der Waals surface area contributed by atoms with Crippen LogP contribution in [-0.2, 0) is 22.4 Å². The number of para-hydroxylation sites is 2. The second-order valence-electron chi connectivity index (χ2n) is 7.64. The zero-order valence-electron chi connectivity index (χ0n) is 17.5. The van der Waals surface area contributed by atoms with Gasteiger partial charge in [-0.1, -0.05) is 60.7 Å².